The molecule has 0 saturated heterocycles. The molecule has 61 heavy (non-hydrogen) atoms. The van der Waals surface area contributed by atoms with Gasteiger partial charge >= 0.3 is 6.08 Å². The number of aromatic nitrogens is 3. The third-order valence-corrected chi connectivity index (χ3v) is 12.5. The number of anilines is 4. The number of sulfone groups is 1. The van der Waals surface area contributed by atoms with Crippen molar-refractivity contribution >= 4 is 102 Å². The van der Waals surface area contributed by atoms with Gasteiger partial charge in [-0.05, 0) is 66.4 Å². The van der Waals surface area contributed by atoms with Gasteiger partial charge in [0.15, 0.2) is 15.6 Å². The van der Waals surface area contributed by atoms with Gasteiger partial charge in [-0.1, -0.05) is 30.8 Å². The van der Waals surface area contributed by atoms with Crippen LogP contribution in [0.1, 0.15) is 15.9 Å². The number of hydrogen-bond donors (Lipinski definition) is 7. The number of aromatic hydroxyl groups is 1. The fourth-order valence-corrected chi connectivity index (χ4v) is 8.54. The van der Waals surface area contributed by atoms with Crippen LogP contribution < -0.4 is 16.0 Å². The zero-order chi connectivity index (χ0) is 44.7. The van der Waals surface area contributed by atoms with Gasteiger partial charge in [0.2, 0.25) is 11.9 Å². The molecule has 0 fully saturated rings. The Kier molecular flexibility index (Phi) is 11.9. The van der Waals surface area contributed by atoms with Crippen molar-refractivity contribution in [3.05, 3.63) is 102 Å². The number of phenols is 1. The van der Waals surface area contributed by atoms with E-state index in [-0.39, 0.29) is 62.0 Å². The average Bonchev–Trinajstić information content (AvgIpc) is 3.15. The largest absolute Gasteiger partial charge is 0.505 e. The van der Waals surface area contributed by atoms with Crippen molar-refractivity contribution in [3.63, 3.8) is 0 Å². The first-order chi connectivity index (χ1) is 28.4. The molecule has 0 atom stereocenters. The summed E-state index contributed by atoms with van der Waals surface area (Å²) in [6, 6.07) is 14.1. The van der Waals surface area contributed by atoms with E-state index in [1.54, 1.807) is 0 Å². The SMILES string of the molecule is C=CS(=O)(=O)CCNC(=O)c1cccc(Nc2nc(F)nc(Nc3cc(S(=O)(=O)O)cc4cc(C)c(N=Nc5ccc6c(S(=O)(=O)O)cccc6c5S(=O)(=O)O)c(O)c34)n2)c1. The van der Waals surface area contributed by atoms with Crippen molar-refractivity contribution in [2.75, 3.05) is 22.9 Å². The molecule has 0 saturated carbocycles. The molecule has 1 heterocycles. The molecule has 6 rings (SSSR count). The Morgan fingerprint density at radius 2 is 1.49 bits per heavy atom. The van der Waals surface area contributed by atoms with Crippen LogP contribution in [0.2, 0.25) is 0 Å². The molecular formula is C35H29FN8O13S4. The number of fused-ring (bicyclic) bond motifs is 2. The number of halogens is 1. The van der Waals surface area contributed by atoms with E-state index < -0.39 is 90.2 Å². The summed E-state index contributed by atoms with van der Waals surface area (Å²) < 4.78 is 142. The van der Waals surface area contributed by atoms with E-state index in [0.29, 0.717) is 0 Å². The molecule has 1 amide bonds. The van der Waals surface area contributed by atoms with Crippen molar-refractivity contribution in [1.29, 1.82) is 0 Å². The maximum atomic E-state index is 14.9. The summed E-state index contributed by atoms with van der Waals surface area (Å²) in [6.07, 6.45) is -1.36. The number of rotatable bonds is 14. The summed E-state index contributed by atoms with van der Waals surface area (Å²) >= 11 is 0. The van der Waals surface area contributed by atoms with Gasteiger partial charge in [0.1, 0.15) is 21.2 Å². The predicted octanol–water partition coefficient (Wildman–Crippen LogP) is 5.26. The minimum absolute atomic E-state index is 0.0429. The van der Waals surface area contributed by atoms with Crippen LogP contribution >= 0.6 is 0 Å². The highest BCUT2D eigenvalue weighted by molar-refractivity contribution is 7.94. The van der Waals surface area contributed by atoms with Crippen LogP contribution in [0.15, 0.2) is 110 Å². The lowest BCUT2D eigenvalue weighted by molar-refractivity contribution is 0.0956. The normalized spacial score (nSPS) is 12.5. The van der Waals surface area contributed by atoms with E-state index >= 15 is 0 Å². The summed E-state index contributed by atoms with van der Waals surface area (Å²) in [4.78, 5) is 21.6. The first kappa shape index (κ1) is 44.0. The summed E-state index contributed by atoms with van der Waals surface area (Å²) in [6.45, 7) is 4.39. The molecule has 0 aliphatic rings. The van der Waals surface area contributed by atoms with Crippen LogP contribution in [-0.2, 0) is 40.2 Å². The Hall–Kier alpha value is -6.55. The lowest BCUT2D eigenvalue weighted by Gasteiger charge is -2.15. The number of amides is 1. The summed E-state index contributed by atoms with van der Waals surface area (Å²) in [5.74, 6) is -2.78. The smallest absolute Gasteiger partial charge is 0.315 e. The van der Waals surface area contributed by atoms with Crippen LogP contribution in [0.4, 0.5) is 39.0 Å². The number of aryl methyl sites for hydroxylation is 1. The second-order valence-corrected chi connectivity index (χ2v) is 19.0. The van der Waals surface area contributed by atoms with Gasteiger partial charge in [-0.3, -0.25) is 18.5 Å². The van der Waals surface area contributed by atoms with Gasteiger partial charge in [0.05, 0.1) is 16.3 Å². The molecule has 7 N–H and O–H groups in total. The highest BCUT2D eigenvalue weighted by Gasteiger charge is 2.25. The van der Waals surface area contributed by atoms with E-state index in [4.69, 9.17) is 0 Å². The van der Waals surface area contributed by atoms with Gasteiger partial charge in [0, 0.05) is 39.4 Å². The minimum atomic E-state index is -5.16. The van der Waals surface area contributed by atoms with Crippen molar-refractivity contribution in [1.82, 2.24) is 20.3 Å². The first-order valence-electron chi connectivity index (χ1n) is 16.8. The highest BCUT2D eigenvalue weighted by Crippen LogP contribution is 2.45. The zero-order valence-corrected chi connectivity index (χ0v) is 34.1. The molecule has 318 valence electrons. The van der Waals surface area contributed by atoms with Gasteiger partial charge in [-0.2, -0.15) is 44.6 Å². The van der Waals surface area contributed by atoms with Crippen LogP contribution in [0.3, 0.4) is 0 Å². The monoisotopic (exact) mass is 916 g/mol. The maximum Gasteiger partial charge on any atom is 0.315 e. The van der Waals surface area contributed by atoms with E-state index in [1.165, 1.54) is 37.3 Å². The maximum absolute atomic E-state index is 14.9. The van der Waals surface area contributed by atoms with Gasteiger partial charge in [-0.25, -0.2) is 8.42 Å². The van der Waals surface area contributed by atoms with Crippen LogP contribution in [0.25, 0.3) is 21.5 Å². The van der Waals surface area contributed by atoms with Crippen LogP contribution in [0.5, 0.6) is 5.75 Å². The molecule has 0 spiro atoms. The molecule has 5 aromatic carbocycles. The summed E-state index contributed by atoms with van der Waals surface area (Å²) in [5, 5.41) is 27.0. The quantitative estimate of drug-likeness (QED) is 0.0541. The molecule has 0 aliphatic carbocycles. The molecule has 0 bridgehead atoms. The second-order valence-electron chi connectivity index (χ2n) is 12.7. The Morgan fingerprint density at radius 3 is 2.15 bits per heavy atom. The Labute approximate surface area is 345 Å². The fourth-order valence-electron chi connectivity index (χ4n) is 5.91. The molecule has 0 aliphatic heterocycles. The highest BCUT2D eigenvalue weighted by atomic mass is 32.2. The molecule has 0 unspecified atom stereocenters. The lowest BCUT2D eigenvalue weighted by Crippen LogP contribution is -2.28. The number of nitrogens with zero attached hydrogens (tertiary/aromatic N) is 5. The van der Waals surface area contributed by atoms with E-state index in [0.717, 1.165) is 47.9 Å². The van der Waals surface area contributed by atoms with E-state index in [1.807, 2.05) is 0 Å². The Bertz CT molecular complexity index is 3320. The topological polar surface area (TPSA) is 334 Å². The Balaban J connectivity index is 1.39. The summed E-state index contributed by atoms with van der Waals surface area (Å²) in [5.41, 5.74) is -0.902. The molecule has 0 radical (unpaired) electrons. The van der Waals surface area contributed by atoms with Crippen molar-refractivity contribution < 1.29 is 61.6 Å². The third-order valence-electron chi connectivity index (χ3n) is 8.55. The first-order valence-corrected chi connectivity index (χ1v) is 22.9. The number of benzene rings is 5. The van der Waals surface area contributed by atoms with Crippen LogP contribution in [-0.4, -0.2) is 85.6 Å². The summed E-state index contributed by atoms with van der Waals surface area (Å²) in [7, 11) is -18.5. The average molecular weight is 917 g/mol. The van der Waals surface area contributed by atoms with Crippen LogP contribution in [0, 0.1) is 13.0 Å². The van der Waals surface area contributed by atoms with Gasteiger partial charge < -0.3 is 21.1 Å². The molecule has 26 heteroatoms. The third kappa shape index (κ3) is 9.92. The fraction of sp³-hybridized carbons (Fsp3) is 0.0857. The molecular weight excluding hydrogens is 888 g/mol. The number of azo groups is 1. The predicted molar refractivity (Wildman–Crippen MR) is 217 cm³/mol. The lowest BCUT2D eigenvalue weighted by atomic mass is 10.0. The Morgan fingerprint density at radius 1 is 0.803 bits per heavy atom. The number of hydrogen-bond acceptors (Lipinski definition) is 17. The number of nitrogens with one attached hydrogen (secondary N) is 3. The van der Waals surface area contributed by atoms with Crippen molar-refractivity contribution in [2.45, 2.75) is 21.6 Å². The number of carbonyl (C=O) groups excluding carboxylic acids is 1. The zero-order valence-electron chi connectivity index (χ0n) is 30.8. The van der Waals surface area contributed by atoms with Gasteiger partial charge in [-0.15, -0.1) is 10.2 Å². The van der Waals surface area contributed by atoms with E-state index in [2.05, 4.69) is 47.7 Å². The number of carbonyl (C=O) groups is 1. The minimum Gasteiger partial charge on any atom is -0.505 e. The second kappa shape index (κ2) is 16.5. The molecule has 6 aromatic rings. The van der Waals surface area contributed by atoms with Crippen molar-refractivity contribution in [2.24, 2.45) is 10.2 Å². The standard InChI is InChI=1S/C35H29FN8O13S4/c1-3-58(47,48)13-12-37-32(46)19-6-4-7-21(15-19)38-34-40-33(36)41-35(42-34)39-26-17-22(59(49,50)51)16-20-14-18(2)29(30(45)28(20)26)44-43-25-11-10-23-24(31(25)61(55,56)57)8-5-9-27(23)60(52,53)54/h3-11,14-17,45H,1,12-13H2,2H3,(H,37,46)(H,49,50,51)(H,52,53,54)(H,55,56,57)(H2,38,39,40,41,42). The molecule has 1 aromatic heterocycles. The van der Waals surface area contributed by atoms with Crippen molar-refractivity contribution in [3.8, 4) is 5.75 Å². The number of phenolic OH excluding ortho intramolecular Hbond substituents is 1. The van der Waals surface area contributed by atoms with E-state index in [9.17, 15) is 61.6 Å². The molecule has 21 nitrogen and oxygen atoms in total. The van der Waals surface area contributed by atoms with Gasteiger partial charge in [0.25, 0.3) is 36.3 Å².